The zero-order valence-electron chi connectivity index (χ0n) is 16.3. The Hall–Kier alpha value is -2.90. The Labute approximate surface area is 175 Å². The molecule has 0 spiro atoms. The Kier molecular flexibility index (Phi) is 5.78. The molecule has 0 radical (unpaired) electrons. The van der Waals surface area contributed by atoms with Gasteiger partial charge in [0.25, 0.3) is 0 Å². The molecule has 1 aromatic heterocycles. The highest BCUT2D eigenvalue weighted by atomic mass is 35.5. The molecule has 4 rings (SSSR count). The van der Waals surface area contributed by atoms with E-state index in [4.69, 9.17) is 17.3 Å². The molecule has 29 heavy (non-hydrogen) atoms. The van der Waals surface area contributed by atoms with Gasteiger partial charge in [0, 0.05) is 42.6 Å². The highest BCUT2D eigenvalue weighted by molar-refractivity contribution is 6.30. The van der Waals surface area contributed by atoms with Gasteiger partial charge in [-0.1, -0.05) is 35.9 Å². The van der Waals surface area contributed by atoms with Crippen molar-refractivity contribution in [3.63, 3.8) is 0 Å². The van der Waals surface area contributed by atoms with Crippen LogP contribution in [0.3, 0.4) is 0 Å². The van der Waals surface area contributed by atoms with Crippen molar-refractivity contribution < 1.29 is 0 Å². The normalized spacial score (nSPS) is 14.8. The second kappa shape index (κ2) is 8.63. The van der Waals surface area contributed by atoms with Gasteiger partial charge in [-0.2, -0.15) is 15.0 Å². The van der Waals surface area contributed by atoms with E-state index in [0.717, 1.165) is 48.1 Å². The van der Waals surface area contributed by atoms with Crippen molar-refractivity contribution in [2.24, 2.45) is 0 Å². The Morgan fingerprint density at radius 3 is 2.55 bits per heavy atom. The van der Waals surface area contributed by atoms with Crippen LogP contribution in [0.2, 0.25) is 5.02 Å². The van der Waals surface area contributed by atoms with Gasteiger partial charge in [-0.15, -0.1) is 0 Å². The van der Waals surface area contributed by atoms with E-state index in [1.165, 1.54) is 0 Å². The minimum absolute atomic E-state index is 0.226. The van der Waals surface area contributed by atoms with Crippen molar-refractivity contribution in [3.05, 3.63) is 64.9 Å². The van der Waals surface area contributed by atoms with Gasteiger partial charge in [0.1, 0.15) is 5.82 Å². The largest absolute Gasteiger partial charge is 0.369 e. The lowest BCUT2D eigenvalue weighted by atomic mass is 10.2. The van der Waals surface area contributed by atoms with Crippen LogP contribution in [0.15, 0.2) is 48.5 Å². The number of rotatable bonds is 5. The van der Waals surface area contributed by atoms with Crippen molar-refractivity contribution in [2.75, 3.05) is 42.1 Å². The Bertz CT molecular complexity index is 986. The number of hydrogen-bond acceptors (Lipinski definition) is 7. The third-order valence-corrected chi connectivity index (χ3v) is 5.24. The third kappa shape index (κ3) is 4.93. The van der Waals surface area contributed by atoms with E-state index in [-0.39, 0.29) is 5.95 Å². The number of aryl methyl sites for hydroxylation is 1. The highest BCUT2D eigenvalue weighted by Crippen LogP contribution is 2.22. The second-order valence-corrected chi connectivity index (χ2v) is 7.55. The smallest absolute Gasteiger partial charge is 0.232 e. The molecule has 1 aliphatic heterocycles. The van der Waals surface area contributed by atoms with E-state index in [1.54, 1.807) is 0 Å². The molecular weight excluding hydrogens is 386 g/mol. The molecule has 0 unspecified atom stereocenters. The van der Waals surface area contributed by atoms with Gasteiger partial charge in [0.05, 0.1) is 6.54 Å². The molecule has 1 saturated heterocycles. The van der Waals surface area contributed by atoms with Crippen LogP contribution >= 0.6 is 11.6 Å². The van der Waals surface area contributed by atoms with Crippen LogP contribution in [0.1, 0.15) is 11.4 Å². The topological polar surface area (TPSA) is 83.2 Å². The summed E-state index contributed by atoms with van der Waals surface area (Å²) in [6.07, 6.45) is 0. The Morgan fingerprint density at radius 2 is 1.79 bits per heavy atom. The number of benzene rings is 2. The average Bonchev–Trinajstić information content (AvgIpc) is 2.70. The fourth-order valence-corrected chi connectivity index (χ4v) is 3.62. The molecule has 7 nitrogen and oxygen atoms in total. The molecule has 8 heteroatoms. The van der Waals surface area contributed by atoms with Crippen molar-refractivity contribution in [1.29, 1.82) is 0 Å². The molecule has 0 aliphatic carbocycles. The SMILES string of the molecule is Cc1ccccc1Nc1nc(N)nc(CN2CCN(c3cccc(Cl)c3)CC2)n1. The number of nitrogen functional groups attached to an aromatic ring is 1. The summed E-state index contributed by atoms with van der Waals surface area (Å²) >= 11 is 6.12. The summed E-state index contributed by atoms with van der Waals surface area (Å²) < 4.78 is 0. The fraction of sp³-hybridized carbons (Fsp3) is 0.286. The van der Waals surface area contributed by atoms with Crippen molar-refractivity contribution in [3.8, 4) is 0 Å². The second-order valence-electron chi connectivity index (χ2n) is 7.12. The molecule has 2 heterocycles. The van der Waals surface area contributed by atoms with Crippen LogP contribution in [0.4, 0.5) is 23.3 Å². The number of nitrogens with two attached hydrogens (primary N) is 1. The van der Waals surface area contributed by atoms with Gasteiger partial charge < -0.3 is 16.0 Å². The molecule has 150 valence electrons. The minimum atomic E-state index is 0.226. The molecular formula is C21H24ClN7. The highest BCUT2D eigenvalue weighted by Gasteiger charge is 2.19. The maximum absolute atomic E-state index is 6.12. The summed E-state index contributed by atoms with van der Waals surface area (Å²) in [7, 11) is 0. The summed E-state index contributed by atoms with van der Waals surface area (Å²) in [5, 5.41) is 4.01. The summed E-state index contributed by atoms with van der Waals surface area (Å²) in [6.45, 7) is 6.35. The summed E-state index contributed by atoms with van der Waals surface area (Å²) in [6, 6.07) is 16.0. The first-order chi connectivity index (χ1) is 14.1. The molecule has 0 bridgehead atoms. The van der Waals surface area contributed by atoms with E-state index < -0.39 is 0 Å². The van der Waals surface area contributed by atoms with Gasteiger partial charge in [-0.3, -0.25) is 4.90 Å². The Morgan fingerprint density at radius 1 is 1.00 bits per heavy atom. The van der Waals surface area contributed by atoms with Crippen LogP contribution in [-0.2, 0) is 6.54 Å². The molecule has 2 aromatic carbocycles. The zero-order valence-corrected chi connectivity index (χ0v) is 17.1. The quantitative estimate of drug-likeness (QED) is 0.667. The van der Waals surface area contributed by atoms with Crippen LogP contribution in [-0.4, -0.2) is 46.0 Å². The number of nitrogens with one attached hydrogen (secondary N) is 1. The molecule has 1 fully saturated rings. The van der Waals surface area contributed by atoms with Crippen LogP contribution in [0, 0.1) is 6.92 Å². The van der Waals surface area contributed by atoms with Crippen LogP contribution in [0.5, 0.6) is 0 Å². The van der Waals surface area contributed by atoms with E-state index in [9.17, 15) is 0 Å². The van der Waals surface area contributed by atoms with Crippen LogP contribution < -0.4 is 16.0 Å². The van der Waals surface area contributed by atoms with Crippen molar-refractivity contribution in [2.45, 2.75) is 13.5 Å². The first kappa shape index (κ1) is 19.4. The maximum Gasteiger partial charge on any atom is 0.232 e. The van der Waals surface area contributed by atoms with E-state index in [1.807, 2.05) is 49.4 Å². The lowest BCUT2D eigenvalue weighted by Gasteiger charge is -2.35. The maximum atomic E-state index is 6.12. The van der Waals surface area contributed by atoms with E-state index in [2.05, 4.69) is 36.1 Å². The molecule has 1 aliphatic rings. The molecule has 0 saturated carbocycles. The lowest BCUT2D eigenvalue weighted by Crippen LogP contribution is -2.46. The number of nitrogens with zero attached hydrogens (tertiary/aromatic N) is 5. The number of anilines is 4. The van der Waals surface area contributed by atoms with Gasteiger partial charge in [-0.05, 0) is 36.8 Å². The van der Waals surface area contributed by atoms with E-state index in [0.29, 0.717) is 18.3 Å². The van der Waals surface area contributed by atoms with Gasteiger partial charge in [-0.25, -0.2) is 0 Å². The van der Waals surface area contributed by atoms with Crippen molar-refractivity contribution >= 4 is 34.9 Å². The molecule has 0 amide bonds. The zero-order chi connectivity index (χ0) is 20.2. The number of para-hydroxylation sites is 1. The summed E-state index contributed by atoms with van der Waals surface area (Å²) in [5.74, 6) is 1.37. The molecule has 3 N–H and O–H groups in total. The molecule has 3 aromatic rings. The Balaban J connectivity index is 1.40. The predicted molar refractivity (Wildman–Crippen MR) is 118 cm³/mol. The fourth-order valence-electron chi connectivity index (χ4n) is 3.44. The summed E-state index contributed by atoms with van der Waals surface area (Å²) in [5.41, 5.74) is 9.16. The standard InChI is InChI=1S/C21H24ClN7/c1-15-5-2-3-8-18(15)24-21-26-19(25-20(23)27-21)14-28-9-11-29(12-10-28)17-7-4-6-16(22)13-17/h2-8,13H,9-12,14H2,1H3,(H3,23,24,25,26,27). The van der Waals surface area contributed by atoms with Gasteiger partial charge in [0.2, 0.25) is 11.9 Å². The van der Waals surface area contributed by atoms with Gasteiger partial charge in [0.15, 0.2) is 0 Å². The first-order valence-electron chi connectivity index (χ1n) is 9.63. The lowest BCUT2D eigenvalue weighted by molar-refractivity contribution is 0.244. The number of halogens is 1. The van der Waals surface area contributed by atoms with Gasteiger partial charge >= 0.3 is 0 Å². The number of aromatic nitrogens is 3. The predicted octanol–water partition coefficient (Wildman–Crippen LogP) is 3.48. The number of piperazine rings is 1. The summed E-state index contributed by atoms with van der Waals surface area (Å²) in [4.78, 5) is 17.8. The monoisotopic (exact) mass is 409 g/mol. The van der Waals surface area contributed by atoms with E-state index >= 15 is 0 Å². The molecule has 0 atom stereocenters. The minimum Gasteiger partial charge on any atom is -0.369 e. The average molecular weight is 410 g/mol. The van der Waals surface area contributed by atoms with Crippen LogP contribution in [0.25, 0.3) is 0 Å². The first-order valence-corrected chi connectivity index (χ1v) is 10.0. The third-order valence-electron chi connectivity index (χ3n) is 5.00. The number of hydrogen-bond donors (Lipinski definition) is 2. The van der Waals surface area contributed by atoms with Crippen molar-refractivity contribution in [1.82, 2.24) is 19.9 Å².